The Kier molecular flexibility index (Phi) is 55.7. The summed E-state index contributed by atoms with van der Waals surface area (Å²) in [5.41, 5.74) is 0. The lowest BCUT2D eigenvalue weighted by Crippen LogP contribution is -2.29. The maximum atomic E-state index is 5.65. The molecular formula is C16H50Al4O3. The van der Waals surface area contributed by atoms with Crippen molar-refractivity contribution in [1.82, 2.24) is 0 Å². The maximum absolute atomic E-state index is 5.65. The maximum Gasteiger partial charge on any atom is 0.609 e. The zero-order valence-corrected chi connectivity index (χ0v) is 17.0. The molecule has 0 aliphatic carbocycles. The molecule has 144 valence electrons. The molecule has 0 aromatic heterocycles. The van der Waals surface area contributed by atoms with E-state index in [2.05, 4.69) is 34.7 Å². The molecular weight excluding hydrogens is 348 g/mol. The molecule has 1 rings (SSSR count). The van der Waals surface area contributed by atoms with Crippen LogP contribution in [-0.4, -0.2) is 64.9 Å². The van der Waals surface area contributed by atoms with E-state index in [9.17, 15) is 0 Å². The molecule has 0 N–H and O–H groups in total. The molecule has 0 atom stereocenters. The predicted octanol–water partition coefficient (Wildman–Crippen LogP) is 6.87. The first-order chi connectivity index (χ1) is 7.91. The molecule has 0 radical (unpaired) electrons. The molecule has 1 heterocycles. The Hall–Kier alpha value is 2.01. The van der Waals surface area contributed by atoms with E-state index in [1.54, 1.807) is 0 Å². The van der Waals surface area contributed by atoms with E-state index in [1.165, 1.54) is 18.1 Å². The molecule has 23 heavy (non-hydrogen) atoms. The van der Waals surface area contributed by atoms with E-state index in [4.69, 9.17) is 9.47 Å². The fraction of sp³-hybridized carbons (Fsp3) is 1.00. The van der Waals surface area contributed by atoms with Gasteiger partial charge >= 0.3 is 58.3 Å². The second-order valence-electron chi connectivity index (χ2n) is 5.11. The van der Waals surface area contributed by atoms with E-state index in [0.29, 0.717) is 0 Å². The van der Waals surface area contributed by atoms with Crippen LogP contribution < -0.4 is 0 Å². The van der Waals surface area contributed by atoms with Gasteiger partial charge in [0.2, 0.25) is 0 Å². The fourth-order valence-corrected chi connectivity index (χ4v) is 10.3. The van der Waals surface area contributed by atoms with E-state index in [-0.39, 0.29) is 44.6 Å². The van der Waals surface area contributed by atoms with Crippen molar-refractivity contribution in [2.24, 2.45) is 0 Å². The van der Waals surface area contributed by atoms with Crippen molar-refractivity contribution in [2.45, 2.75) is 97.4 Å². The summed E-state index contributed by atoms with van der Waals surface area (Å²) in [5, 5.41) is 1.40. The first-order valence-electron chi connectivity index (χ1n) is 6.84. The second kappa shape index (κ2) is 28.8. The molecule has 0 unspecified atom stereocenters. The van der Waals surface area contributed by atoms with Gasteiger partial charge in [-0.25, -0.2) is 0 Å². The van der Waals surface area contributed by atoms with Crippen LogP contribution in [-0.2, 0) is 9.47 Å². The van der Waals surface area contributed by atoms with E-state index in [0.717, 1.165) is 6.61 Å². The van der Waals surface area contributed by atoms with Crippen molar-refractivity contribution < 1.29 is 9.47 Å². The van der Waals surface area contributed by atoms with Gasteiger partial charge in [0.05, 0.1) is 0 Å². The highest BCUT2D eigenvalue weighted by Gasteiger charge is 2.21. The molecule has 0 saturated carbocycles. The van der Waals surface area contributed by atoms with Crippen LogP contribution in [0.1, 0.15) is 57.4 Å². The molecule has 0 aromatic carbocycles. The Morgan fingerprint density at radius 3 is 1.30 bits per heavy atom. The summed E-state index contributed by atoms with van der Waals surface area (Å²) >= 11 is -3.45. The summed E-state index contributed by atoms with van der Waals surface area (Å²) in [6.45, 7) is 1.05. The molecule has 7 heteroatoms. The van der Waals surface area contributed by atoms with Crippen LogP contribution in [0.25, 0.3) is 0 Å². The van der Waals surface area contributed by atoms with Crippen molar-refractivity contribution in [2.75, 3.05) is 6.61 Å². The largest absolute Gasteiger partial charge is 0.616 e. The number of hydrogen-bond donors (Lipinski definition) is 0. The average Bonchev–Trinajstić information content (AvgIpc) is 2.16. The van der Waals surface area contributed by atoms with Crippen LogP contribution >= 0.6 is 0 Å². The Bertz CT molecular complexity index is 169. The summed E-state index contributed by atoms with van der Waals surface area (Å²) in [5.74, 6) is 13.2. The van der Waals surface area contributed by atoms with Crippen molar-refractivity contribution in [1.29, 1.82) is 0 Å². The van der Waals surface area contributed by atoms with E-state index < -0.39 is 58.3 Å². The highest BCUT2D eigenvalue weighted by Crippen LogP contribution is 2.09. The Morgan fingerprint density at radius 2 is 1.13 bits per heavy atom. The highest BCUT2D eigenvalue weighted by atomic mass is 27.3. The molecule has 0 spiro atoms. The summed E-state index contributed by atoms with van der Waals surface area (Å²) in [7, 11) is 0. The fourth-order valence-electron chi connectivity index (χ4n) is 1.70. The van der Waals surface area contributed by atoms with Gasteiger partial charge in [-0.15, -0.1) is 0 Å². The number of rotatable bonds is 4. The predicted molar refractivity (Wildman–Crippen MR) is 121 cm³/mol. The van der Waals surface area contributed by atoms with Crippen LogP contribution in [0.5, 0.6) is 0 Å². The zero-order valence-electron chi connectivity index (χ0n) is 12.4. The molecule has 1 aliphatic rings. The Balaban J connectivity index is -0.0000000362. The molecule has 0 amide bonds. The number of hydrogen-bond acceptors (Lipinski definition) is 3. The van der Waals surface area contributed by atoms with Crippen molar-refractivity contribution in [3.63, 3.8) is 0 Å². The minimum Gasteiger partial charge on any atom is -0.616 e. The summed E-state index contributed by atoms with van der Waals surface area (Å²) in [4.78, 5) is 0. The van der Waals surface area contributed by atoms with Crippen LogP contribution in [0, 0.1) is 0 Å². The quantitative estimate of drug-likeness (QED) is 0.483. The summed E-state index contributed by atoms with van der Waals surface area (Å²) in [6.07, 6.45) is 2.73. The van der Waals surface area contributed by atoms with Gasteiger partial charge in [-0.1, -0.05) is 91.0 Å². The van der Waals surface area contributed by atoms with Crippen LogP contribution in [0.3, 0.4) is 0 Å². The van der Waals surface area contributed by atoms with Crippen LogP contribution in [0.2, 0.25) is 40.0 Å². The lowest BCUT2D eigenvalue weighted by molar-refractivity contribution is 0.291. The van der Waals surface area contributed by atoms with Crippen molar-refractivity contribution >= 4 is 58.3 Å². The van der Waals surface area contributed by atoms with E-state index >= 15 is 0 Å². The van der Waals surface area contributed by atoms with Gasteiger partial charge in [0.1, 0.15) is 0 Å². The SMILES string of the molecule is C.C.C.C.C.C.[CH3][Al]([CH3])[O][Al]([CH3])[O][Al]([CH3])[CH3].[CH3][Al]1[CH2]CCC[O]1. The lowest BCUT2D eigenvalue weighted by Gasteiger charge is -2.13. The molecule has 3 nitrogen and oxygen atoms in total. The van der Waals surface area contributed by atoms with Gasteiger partial charge in [-0.2, -0.15) is 0 Å². The average molecular weight is 399 g/mol. The van der Waals surface area contributed by atoms with Crippen molar-refractivity contribution in [3.8, 4) is 0 Å². The Labute approximate surface area is 170 Å². The zero-order chi connectivity index (χ0) is 13.3. The lowest BCUT2D eigenvalue weighted by atomic mass is 10.4. The molecule has 0 bridgehead atoms. The van der Waals surface area contributed by atoms with Gasteiger partial charge in [0.15, 0.2) is 0 Å². The third kappa shape index (κ3) is 35.9. The third-order valence-electron chi connectivity index (χ3n) is 2.33. The van der Waals surface area contributed by atoms with Gasteiger partial charge in [0.25, 0.3) is 0 Å². The summed E-state index contributed by atoms with van der Waals surface area (Å²) < 4.78 is 16.7. The monoisotopic (exact) mass is 398 g/mol. The smallest absolute Gasteiger partial charge is 0.609 e. The minimum absolute atomic E-state index is 0. The van der Waals surface area contributed by atoms with Gasteiger partial charge < -0.3 is 9.47 Å². The first kappa shape index (κ1) is 44.4. The molecule has 1 fully saturated rings. The van der Waals surface area contributed by atoms with Gasteiger partial charge in [-0.3, -0.25) is 0 Å². The summed E-state index contributed by atoms with van der Waals surface area (Å²) in [6, 6.07) is 0. The second-order valence-corrected chi connectivity index (χ2v) is 15.2. The Morgan fingerprint density at radius 1 is 0.739 bits per heavy atom. The van der Waals surface area contributed by atoms with E-state index in [1.807, 2.05) is 0 Å². The minimum atomic E-state index is -1.19. The van der Waals surface area contributed by atoms with Crippen LogP contribution in [0.4, 0.5) is 0 Å². The normalized spacial score (nSPS) is 11.0. The van der Waals surface area contributed by atoms with Gasteiger partial charge in [0, 0.05) is 6.61 Å². The van der Waals surface area contributed by atoms with Gasteiger partial charge in [-0.05, 0) is 6.42 Å². The standard InChI is InChI=1S/C4H8O.6CH4.6CH3.4Al.2O/c1-2-3-4-5;;;;;;;;;;;;;;;;;;/h1-4H2;6*1H4;6*1H3;;;;;;/q-1;;;;;;;;;;;;;;;;+1;;. The van der Waals surface area contributed by atoms with Crippen LogP contribution in [0.15, 0.2) is 0 Å². The molecule has 1 saturated heterocycles. The van der Waals surface area contributed by atoms with Crippen molar-refractivity contribution in [3.05, 3.63) is 0 Å². The highest BCUT2D eigenvalue weighted by molar-refractivity contribution is 6.66. The topological polar surface area (TPSA) is 27.7 Å². The third-order valence-corrected chi connectivity index (χ3v) is 11.8. The molecule has 1 aliphatic heterocycles. The molecule has 0 aromatic rings. The first-order valence-corrected chi connectivity index (χ1v) is 16.9.